The topological polar surface area (TPSA) is 55.4 Å². The third kappa shape index (κ3) is 3.39. The fraction of sp³-hybridized carbons (Fsp3) is 0.500. The van der Waals surface area contributed by atoms with Crippen LogP contribution in [0.25, 0.3) is 4.96 Å². The van der Waals surface area contributed by atoms with Gasteiger partial charge in [-0.1, -0.05) is 20.8 Å². The molecule has 0 atom stereocenters. The molecule has 0 bridgehead atoms. The number of thiazole rings is 1. The molecule has 0 amide bonds. The Balaban J connectivity index is 1.36. The van der Waals surface area contributed by atoms with Gasteiger partial charge < -0.3 is 0 Å². The van der Waals surface area contributed by atoms with Crippen LogP contribution in [0.1, 0.15) is 32.2 Å². The molecule has 6 nitrogen and oxygen atoms in total. The maximum atomic E-state index is 12.1. The Bertz CT molecular complexity index is 914. The Hall–Kier alpha value is -1.99. The summed E-state index contributed by atoms with van der Waals surface area (Å²) in [5.41, 5.74) is 2.01. The zero-order chi connectivity index (χ0) is 17.6. The van der Waals surface area contributed by atoms with Gasteiger partial charge in [0.1, 0.15) is 0 Å². The molecule has 4 heterocycles. The van der Waals surface area contributed by atoms with E-state index in [4.69, 9.17) is 0 Å². The summed E-state index contributed by atoms with van der Waals surface area (Å²) < 4.78 is 3.70. The standard InChI is InChI=1S/C18H23N5OS/c1-18(2,3)15-4-5-16(24)23(20-15)10-13-8-21(9-13)11-14-12-22-6-7-25-17(22)19-14/h4-7,12-13H,8-11H2,1-3H3. The minimum atomic E-state index is -0.0466. The number of imidazole rings is 1. The summed E-state index contributed by atoms with van der Waals surface area (Å²) >= 11 is 1.66. The van der Waals surface area contributed by atoms with E-state index in [2.05, 4.69) is 46.4 Å². The van der Waals surface area contributed by atoms with Crippen molar-refractivity contribution in [3.63, 3.8) is 0 Å². The van der Waals surface area contributed by atoms with E-state index >= 15 is 0 Å². The minimum Gasteiger partial charge on any atom is -0.297 e. The highest BCUT2D eigenvalue weighted by atomic mass is 32.1. The number of hydrogen-bond acceptors (Lipinski definition) is 5. The summed E-state index contributed by atoms with van der Waals surface area (Å²) in [7, 11) is 0. The van der Waals surface area contributed by atoms with Crippen LogP contribution in [0.3, 0.4) is 0 Å². The molecule has 7 heteroatoms. The van der Waals surface area contributed by atoms with Crippen LogP contribution in [0.2, 0.25) is 0 Å². The van der Waals surface area contributed by atoms with Gasteiger partial charge in [0.05, 0.1) is 17.9 Å². The van der Waals surface area contributed by atoms with E-state index in [0.29, 0.717) is 12.5 Å². The Kier molecular flexibility index (Phi) is 4.00. The Morgan fingerprint density at radius 3 is 2.80 bits per heavy atom. The first-order valence-corrected chi connectivity index (χ1v) is 9.48. The molecule has 25 heavy (non-hydrogen) atoms. The van der Waals surface area contributed by atoms with Crippen molar-refractivity contribution in [2.75, 3.05) is 13.1 Å². The molecule has 3 aromatic heterocycles. The molecule has 0 saturated carbocycles. The summed E-state index contributed by atoms with van der Waals surface area (Å²) in [5.74, 6) is 0.476. The number of nitrogens with zero attached hydrogens (tertiary/aromatic N) is 5. The van der Waals surface area contributed by atoms with E-state index in [-0.39, 0.29) is 11.0 Å². The van der Waals surface area contributed by atoms with Gasteiger partial charge in [0.25, 0.3) is 5.56 Å². The lowest BCUT2D eigenvalue weighted by atomic mass is 9.92. The van der Waals surface area contributed by atoms with Gasteiger partial charge in [-0.3, -0.25) is 14.1 Å². The molecule has 0 unspecified atom stereocenters. The Morgan fingerprint density at radius 1 is 1.28 bits per heavy atom. The van der Waals surface area contributed by atoms with Crippen molar-refractivity contribution in [1.29, 1.82) is 0 Å². The fourth-order valence-corrected chi connectivity index (χ4v) is 3.95. The average molecular weight is 357 g/mol. The van der Waals surface area contributed by atoms with Crippen LogP contribution in [0, 0.1) is 5.92 Å². The van der Waals surface area contributed by atoms with E-state index in [1.54, 1.807) is 22.1 Å². The summed E-state index contributed by atoms with van der Waals surface area (Å²) in [5, 5.41) is 6.61. The molecule has 1 aliphatic rings. The predicted octanol–water partition coefficient (Wildman–Crippen LogP) is 2.38. The predicted molar refractivity (Wildman–Crippen MR) is 99.0 cm³/mol. The Morgan fingerprint density at radius 2 is 2.08 bits per heavy atom. The van der Waals surface area contributed by atoms with Gasteiger partial charge in [0.2, 0.25) is 0 Å². The molecule has 0 aromatic carbocycles. The molecule has 4 rings (SSSR count). The van der Waals surface area contributed by atoms with Gasteiger partial charge in [0, 0.05) is 54.8 Å². The molecule has 3 aromatic rings. The molecule has 0 radical (unpaired) electrons. The highest BCUT2D eigenvalue weighted by molar-refractivity contribution is 7.15. The number of hydrogen-bond donors (Lipinski definition) is 0. The van der Waals surface area contributed by atoms with Crippen LogP contribution in [0.4, 0.5) is 0 Å². The largest absolute Gasteiger partial charge is 0.297 e. The SMILES string of the molecule is CC(C)(C)c1ccc(=O)n(CC2CN(Cc3cn4ccsc4n3)C2)n1. The zero-order valence-corrected chi connectivity index (χ0v) is 15.7. The monoisotopic (exact) mass is 357 g/mol. The normalized spacial score (nSPS) is 16.4. The van der Waals surface area contributed by atoms with E-state index in [1.807, 2.05) is 17.6 Å². The molecule has 0 N–H and O–H groups in total. The van der Waals surface area contributed by atoms with Gasteiger partial charge in [-0.2, -0.15) is 5.10 Å². The lowest BCUT2D eigenvalue weighted by Gasteiger charge is -2.38. The van der Waals surface area contributed by atoms with Gasteiger partial charge in [-0.25, -0.2) is 9.67 Å². The van der Waals surface area contributed by atoms with Crippen LogP contribution in [-0.2, 0) is 18.5 Å². The maximum absolute atomic E-state index is 12.1. The lowest BCUT2D eigenvalue weighted by molar-refractivity contribution is 0.0752. The molecule has 132 valence electrons. The fourth-order valence-electron chi connectivity index (χ4n) is 3.23. The third-order valence-electron chi connectivity index (χ3n) is 4.63. The van der Waals surface area contributed by atoms with Crippen LogP contribution < -0.4 is 5.56 Å². The molecule has 1 saturated heterocycles. The second-order valence-corrected chi connectivity index (χ2v) is 8.75. The molecule has 1 fully saturated rings. The first kappa shape index (κ1) is 16.5. The van der Waals surface area contributed by atoms with Crippen molar-refractivity contribution in [2.24, 2.45) is 5.92 Å². The molecule has 0 aliphatic carbocycles. The number of rotatable bonds is 4. The number of fused-ring (bicyclic) bond motifs is 1. The summed E-state index contributed by atoms with van der Waals surface area (Å²) in [6, 6.07) is 3.48. The first-order valence-electron chi connectivity index (χ1n) is 8.60. The van der Waals surface area contributed by atoms with E-state index in [0.717, 1.165) is 36.0 Å². The van der Waals surface area contributed by atoms with Crippen molar-refractivity contribution in [3.05, 3.63) is 51.6 Å². The second-order valence-electron chi connectivity index (χ2n) is 7.87. The molecular formula is C18H23N5OS. The van der Waals surface area contributed by atoms with Crippen molar-refractivity contribution >= 4 is 16.3 Å². The highest BCUT2D eigenvalue weighted by Crippen LogP contribution is 2.22. The molecule has 0 spiro atoms. The van der Waals surface area contributed by atoms with E-state index < -0.39 is 0 Å². The minimum absolute atomic E-state index is 0.0132. The van der Waals surface area contributed by atoms with Crippen LogP contribution in [-0.4, -0.2) is 37.2 Å². The van der Waals surface area contributed by atoms with Gasteiger partial charge in [-0.15, -0.1) is 11.3 Å². The summed E-state index contributed by atoms with van der Waals surface area (Å²) in [6.07, 6.45) is 4.13. The Labute approximate surface area is 150 Å². The van der Waals surface area contributed by atoms with Gasteiger partial charge in [-0.05, 0) is 6.07 Å². The molecule has 1 aliphatic heterocycles. The smallest absolute Gasteiger partial charge is 0.266 e. The second kappa shape index (κ2) is 6.07. The van der Waals surface area contributed by atoms with Crippen molar-refractivity contribution in [3.8, 4) is 0 Å². The molecular weight excluding hydrogens is 334 g/mol. The summed E-state index contributed by atoms with van der Waals surface area (Å²) in [6.45, 7) is 9.88. The van der Waals surface area contributed by atoms with Gasteiger partial charge >= 0.3 is 0 Å². The van der Waals surface area contributed by atoms with Crippen LogP contribution in [0.15, 0.2) is 34.7 Å². The third-order valence-corrected chi connectivity index (χ3v) is 5.40. The van der Waals surface area contributed by atoms with Crippen LogP contribution >= 0.6 is 11.3 Å². The van der Waals surface area contributed by atoms with E-state index in [1.165, 1.54) is 0 Å². The maximum Gasteiger partial charge on any atom is 0.266 e. The highest BCUT2D eigenvalue weighted by Gasteiger charge is 2.28. The zero-order valence-electron chi connectivity index (χ0n) is 14.8. The first-order chi connectivity index (χ1) is 11.9. The summed E-state index contributed by atoms with van der Waals surface area (Å²) in [4.78, 5) is 20.1. The number of likely N-dealkylation sites (tertiary alicyclic amines) is 1. The van der Waals surface area contributed by atoms with Crippen molar-refractivity contribution < 1.29 is 0 Å². The quantitative estimate of drug-likeness (QED) is 0.719. The van der Waals surface area contributed by atoms with Crippen molar-refractivity contribution in [1.82, 2.24) is 24.1 Å². The van der Waals surface area contributed by atoms with E-state index in [9.17, 15) is 4.79 Å². The lowest BCUT2D eigenvalue weighted by Crippen LogP contribution is -2.49. The number of aromatic nitrogens is 4. The average Bonchev–Trinajstić information content (AvgIpc) is 3.06. The van der Waals surface area contributed by atoms with Crippen molar-refractivity contribution in [2.45, 2.75) is 39.3 Å². The van der Waals surface area contributed by atoms with Crippen LogP contribution in [0.5, 0.6) is 0 Å². The van der Waals surface area contributed by atoms with Gasteiger partial charge in [0.15, 0.2) is 4.96 Å².